The Kier molecular flexibility index (Phi) is 4.90. The molecule has 2 aliphatic rings. The number of hydrogen-bond acceptors (Lipinski definition) is 5. The lowest BCUT2D eigenvalue weighted by Gasteiger charge is -2.15. The van der Waals surface area contributed by atoms with Crippen LogP contribution in [0, 0.1) is 0 Å². The van der Waals surface area contributed by atoms with E-state index in [0.717, 1.165) is 45.3 Å². The number of nitrogens with one attached hydrogen (secondary N) is 2. The van der Waals surface area contributed by atoms with E-state index in [1.165, 1.54) is 25.7 Å². The molecule has 0 bridgehead atoms. The molecule has 1 saturated carbocycles. The largest absolute Gasteiger partial charge is 0.497 e. The zero-order valence-electron chi connectivity index (χ0n) is 14.5. The standard InChI is InChI=1S/C19H25N3O2S/c1-24-15-8-12-9-17(19-21-14(6-7-23)11-25-19)22-18(12)16(10-15)20-13-4-2-3-5-13/h8-10,13-14,20,22-23H,2-7,11H2,1H3/t14-/m1/s1. The van der Waals surface area contributed by atoms with E-state index in [1.807, 2.05) is 0 Å². The fourth-order valence-electron chi connectivity index (χ4n) is 3.71. The van der Waals surface area contributed by atoms with Crippen LogP contribution in [0.4, 0.5) is 5.69 Å². The molecule has 3 N–H and O–H groups in total. The topological polar surface area (TPSA) is 69.6 Å². The molecule has 2 heterocycles. The lowest BCUT2D eigenvalue weighted by Crippen LogP contribution is -2.14. The Bertz CT molecular complexity index is 780. The van der Waals surface area contributed by atoms with Gasteiger partial charge in [0.2, 0.25) is 0 Å². The summed E-state index contributed by atoms with van der Waals surface area (Å²) in [7, 11) is 1.71. The van der Waals surface area contributed by atoms with Crippen molar-refractivity contribution in [3.8, 4) is 5.75 Å². The van der Waals surface area contributed by atoms with Gasteiger partial charge in [0.05, 0.1) is 30.0 Å². The zero-order chi connectivity index (χ0) is 17.2. The Labute approximate surface area is 152 Å². The van der Waals surface area contributed by atoms with Crippen LogP contribution in [0.2, 0.25) is 0 Å². The molecule has 25 heavy (non-hydrogen) atoms. The normalized spacial score (nSPS) is 21.0. The SMILES string of the molecule is COc1cc(NC2CCCC2)c2[nH]c(C3=N[C@H](CCO)CS3)cc2c1. The van der Waals surface area contributed by atoms with Crippen LogP contribution in [0.5, 0.6) is 5.75 Å². The van der Waals surface area contributed by atoms with Crippen LogP contribution >= 0.6 is 11.8 Å². The number of aromatic nitrogens is 1. The number of aliphatic imine (C=N–C) groups is 1. The number of hydrogen-bond donors (Lipinski definition) is 3. The number of thioether (sulfide) groups is 1. The van der Waals surface area contributed by atoms with Gasteiger partial charge in [0.25, 0.3) is 0 Å². The molecule has 4 rings (SSSR count). The van der Waals surface area contributed by atoms with Gasteiger partial charge in [-0.05, 0) is 31.4 Å². The van der Waals surface area contributed by atoms with E-state index in [9.17, 15) is 0 Å². The third-order valence-corrected chi connectivity index (χ3v) is 6.21. The van der Waals surface area contributed by atoms with Gasteiger partial charge in [0.1, 0.15) is 10.8 Å². The third kappa shape index (κ3) is 3.51. The van der Waals surface area contributed by atoms with Crippen LogP contribution in [-0.4, -0.2) is 46.7 Å². The summed E-state index contributed by atoms with van der Waals surface area (Å²) in [6, 6.07) is 7.08. The minimum Gasteiger partial charge on any atom is -0.497 e. The van der Waals surface area contributed by atoms with Gasteiger partial charge in [-0.15, -0.1) is 11.8 Å². The highest BCUT2D eigenvalue weighted by molar-refractivity contribution is 8.14. The number of nitrogens with zero attached hydrogens (tertiary/aromatic N) is 1. The molecule has 1 aromatic carbocycles. The molecule has 1 aliphatic carbocycles. The molecule has 5 nitrogen and oxygen atoms in total. The number of fused-ring (bicyclic) bond motifs is 1. The predicted octanol–water partition coefficient (Wildman–Crippen LogP) is 3.78. The predicted molar refractivity (Wildman–Crippen MR) is 105 cm³/mol. The maximum absolute atomic E-state index is 9.12. The summed E-state index contributed by atoms with van der Waals surface area (Å²) < 4.78 is 5.49. The molecule has 0 spiro atoms. The van der Waals surface area contributed by atoms with Gasteiger partial charge in [-0.25, -0.2) is 0 Å². The number of aliphatic hydroxyl groups excluding tert-OH is 1. The van der Waals surface area contributed by atoms with Crippen molar-refractivity contribution in [2.75, 3.05) is 24.8 Å². The molecule has 0 saturated heterocycles. The van der Waals surface area contributed by atoms with E-state index in [2.05, 4.69) is 28.5 Å². The van der Waals surface area contributed by atoms with Crippen molar-refractivity contribution in [3.63, 3.8) is 0 Å². The highest BCUT2D eigenvalue weighted by atomic mass is 32.2. The first-order valence-corrected chi connectivity index (χ1v) is 10.0. The first kappa shape index (κ1) is 16.8. The number of aliphatic hydroxyl groups is 1. The van der Waals surface area contributed by atoms with E-state index in [-0.39, 0.29) is 12.6 Å². The molecule has 1 aromatic heterocycles. The fourth-order valence-corrected chi connectivity index (χ4v) is 4.79. The highest BCUT2D eigenvalue weighted by Crippen LogP contribution is 2.34. The maximum atomic E-state index is 9.12. The maximum Gasteiger partial charge on any atom is 0.121 e. The minimum atomic E-state index is 0.196. The number of aromatic amines is 1. The van der Waals surface area contributed by atoms with Crippen molar-refractivity contribution in [3.05, 3.63) is 23.9 Å². The van der Waals surface area contributed by atoms with Crippen LogP contribution in [-0.2, 0) is 0 Å². The Morgan fingerprint density at radius 1 is 1.32 bits per heavy atom. The summed E-state index contributed by atoms with van der Waals surface area (Å²) in [6.07, 6.45) is 5.81. The van der Waals surface area contributed by atoms with Crippen molar-refractivity contribution in [2.24, 2.45) is 4.99 Å². The summed E-state index contributed by atoms with van der Waals surface area (Å²) in [6.45, 7) is 0.196. The van der Waals surface area contributed by atoms with Crippen molar-refractivity contribution in [2.45, 2.75) is 44.2 Å². The van der Waals surface area contributed by atoms with Crippen LogP contribution in [0.3, 0.4) is 0 Å². The number of rotatable bonds is 6. The number of anilines is 1. The lowest BCUT2D eigenvalue weighted by atomic mass is 10.1. The van der Waals surface area contributed by atoms with Crippen molar-refractivity contribution < 1.29 is 9.84 Å². The number of methoxy groups -OCH3 is 1. The monoisotopic (exact) mass is 359 g/mol. The molecule has 1 aliphatic heterocycles. The van der Waals surface area contributed by atoms with E-state index < -0.39 is 0 Å². The van der Waals surface area contributed by atoms with Crippen LogP contribution in [0.15, 0.2) is 23.2 Å². The Morgan fingerprint density at radius 2 is 2.16 bits per heavy atom. The van der Waals surface area contributed by atoms with Crippen LogP contribution < -0.4 is 10.1 Å². The van der Waals surface area contributed by atoms with Crippen molar-refractivity contribution in [1.82, 2.24) is 4.98 Å². The first-order chi connectivity index (χ1) is 12.3. The summed E-state index contributed by atoms with van der Waals surface area (Å²) in [5.41, 5.74) is 3.29. The number of ether oxygens (including phenoxy) is 1. The summed E-state index contributed by atoms with van der Waals surface area (Å²) in [5, 5.41) is 15.0. The van der Waals surface area contributed by atoms with E-state index in [1.54, 1.807) is 18.9 Å². The Hall–Kier alpha value is -1.66. The van der Waals surface area contributed by atoms with Crippen LogP contribution in [0.25, 0.3) is 10.9 Å². The molecule has 134 valence electrons. The molecule has 0 amide bonds. The quantitative estimate of drug-likeness (QED) is 0.734. The smallest absolute Gasteiger partial charge is 0.121 e. The minimum absolute atomic E-state index is 0.196. The molecular weight excluding hydrogens is 334 g/mol. The molecule has 1 atom stereocenters. The molecule has 2 aromatic rings. The van der Waals surface area contributed by atoms with Gasteiger partial charge in [0.15, 0.2) is 0 Å². The Morgan fingerprint density at radius 3 is 2.92 bits per heavy atom. The molecule has 6 heteroatoms. The van der Waals surface area contributed by atoms with Gasteiger partial charge in [-0.2, -0.15) is 0 Å². The van der Waals surface area contributed by atoms with Gasteiger partial charge < -0.3 is 20.1 Å². The summed E-state index contributed by atoms with van der Waals surface area (Å²) >= 11 is 1.76. The van der Waals surface area contributed by atoms with Gasteiger partial charge in [-0.3, -0.25) is 4.99 Å². The average molecular weight is 359 g/mol. The lowest BCUT2D eigenvalue weighted by molar-refractivity contribution is 0.280. The first-order valence-electron chi connectivity index (χ1n) is 9.06. The third-order valence-electron chi connectivity index (χ3n) is 5.06. The summed E-state index contributed by atoms with van der Waals surface area (Å²) in [4.78, 5) is 8.32. The summed E-state index contributed by atoms with van der Waals surface area (Å²) in [5.74, 6) is 1.82. The second-order valence-electron chi connectivity index (χ2n) is 6.86. The second kappa shape index (κ2) is 7.30. The van der Waals surface area contributed by atoms with E-state index in [0.29, 0.717) is 6.04 Å². The number of H-pyrrole nitrogens is 1. The number of benzene rings is 1. The molecule has 1 fully saturated rings. The highest BCUT2D eigenvalue weighted by Gasteiger charge is 2.22. The molecule has 0 radical (unpaired) electrons. The van der Waals surface area contributed by atoms with Gasteiger partial charge in [-0.1, -0.05) is 12.8 Å². The molecule has 0 unspecified atom stereocenters. The van der Waals surface area contributed by atoms with Gasteiger partial charge >= 0.3 is 0 Å². The van der Waals surface area contributed by atoms with E-state index >= 15 is 0 Å². The zero-order valence-corrected chi connectivity index (χ0v) is 15.4. The molecular formula is C19H25N3O2S. The Balaban J connectivity index is 1.67. The van der Waals surface area contributed by atoms with Gasteiger partial charge in [0, 0.05) is 29.9 Å². The fraction of sp³-hybridized carbons (Fsp3) is 0.526. The van der Waals surface area contributed by atoms with Crippen molar-refractivity contribution >= 4 is 33.4 Å². The second-order valence-corrected chi connectivity index (χ2v) is 7.87. The van der Waals surface area contributed by atoms with Crippen LogP contribution in [0.1, 0.15) is 37.8 Å². The van der Waals surface area contributed by atoms with E-state index in [4.69, 9.17) is 14.8 Å². The van der Waals surface area contributed by atoms with Crippen molar-refractivity contribution in [1.29, 1.82) is 0 Å². The average Bonchev–Trinajstić information content (AvgIpc) is 3.34.